The van der Waals surface area contributed by atoms with Gasteiger partial charge >= 0.3 is 0 Å². The van der Waals surface area contributed by atoms with E-state index in [9.17, 15) is 0 Å². The standard InChI is InChI=1S/C18H14ClN5S/c1-10-9-15(24-23-10)13-3-2-4-14-16(13)17(20)22-18(21-14)25-12-7-5-11(19)6-8-12/h2-9H,1H3,(H,23,24)(H2,20,21,22). The first kappa shape index (κ1) is 15.9. The van der Waals surface area contributed by atoms with Crippen molar-refractivity contribution in [2.45, 2.75) is 17.0 Å². The molecule has 3 N–H and O–H groups in total. The number of fused-ring (bicyclic) bond motifs is 1. The number of H-pyrrole nitrogens is 1. The number of hydrogen-bond donors (Lipinski definition) is 2. The maximum atomic E-state index is 6.26. The lowest BCUT2D eigenvalue weighted by molar-refractivity contribution is 1.01. The number of rotatable bonds is 3. The van der Waals surface area contributed by atoms with E-state index >= 15 is 0 Å². The van der Waals surface area contributed by atoms with Crippen LogP contribution in [0.5, 0.6) is 0 Å². The molecule has 0 spiro atoms. The van der Waals surface area contributed by atoms with E-state index in [0.29, 0.717) is 16.0 Å². The number of anilines is 1. The quantitative estimate of drug-likeness (QED) is 0.512. The lowest BCUT2D eigenvalue weighted by Crippen LogP contribution is -1.98. The second-order valence-corrected chi connectivity index (χ2v) is 7.06. The van der Waals surface area contributed by atoms with Gasteiger partial charge in [0.05, 0.1) is 16.6 Å². The van der Waals surface area contributed by atoms with Crippen molar-refractivity contribution in [2.24, 2.45) is 0 Å². The molecule has 0 aliphatic carbocycles. The molecule has 25 heavy (non-hydrogen) atoms. The average molecular weight is 368 g/mol. The minimum atomic E-state index is 0.442. The van der Waals surface area contributed by atoms with Crippen molar-refractivity contribution in [1.82, 2.24) is 20.2 Å². The summed E-state index contributed by atoms with van der Waals surface area (Å²) in [6.07, 6.45) is 0. The Bertz CT molecular complexity index is 1060. The van der Waals surface area contributed by atoms with Crippen LogP contribution < -0.4 is 5.73 Å². The van der Waals surface area contributed by atoms with Crippen LogP contribution in [0, 0.1) is 6.92 Å². The van der Waals surface area contributed by atoms with E-state index in [1.165, 1.54) is 11.8 Å². The molecule has 0 bridgehead atoms. The van der Waals surface area contributed by atoms with Crippen LogP contribution in [0.4, 0.5) is 5.82 Å². The molecule has 0 saturated heterocycles. The summed E-state index contributed by atoms with van der Waals surface area (Å²) in [5, 5.41) is 9.39. The van der Waals surface area contributed by atoms with Gasteiger partial charge in [-0.25, -0.2) is 9.97 Å². The first-order chi connectivity index (χ1) is 12.1. The highest BCUT2D eigenvalue weighted by atomic mass is 35.5. The van der Waals surface area contributed by atoms with Gasteiger partial charge in [0.1, 0.15) is 5.82 Å². The fourth-order valence-corrected chi connectivity index (χ4v) is 3.51. The van der Waals surface area contributed by atoms with Crippen molar-refractivity contribution in [2.75, 3.05) is 5.73 Å². The van der Waals surface area contributed by atoms with E-state index < -0.39 is 0 Å². The number of nitrogen functional groups attached to an aromatic ring is 1. The molecule has 0 unspecified atom stereocenters. The van der Waals surface area contributed by atoms with Crippen LogP contribution in [0.25, 0.3) is 22.2 Å². The average Bonchev–Trinajstić information content (AvgIpc) is 3.03. The normalized spacial score (nSPS) is 11.1. The van der Waals surface area contributed by atoms with Gasteiger partial charge in [-0.1, -0.05) is 23.7 Å². The largest absolute Gasteiger partial charge is 0.383 e. The SMILES string of the molecule is Cc1cc(-c2cccc3nc(Sc4ccc(Cl)cc4)nc(N)c23)n[nH]1. The number of aromatic amines is 1. The molecule has 0 atom stereocenters. The molecular formula is C18H14ClN5S. The highest BCUT2D eigenvalue weighted by Gasteiger charge is 2.13. The third-order valence-corrected chi connectivity index (χ3v) is 4.86. The fourth-order valence-electron chi connectivity index (χ4n) is 2.61. The molecule has 0 aliphatic rings. The Morgan fingerprint density at radius 3 is 2.60 bits per heavy atom. The number of nitrogens with zero attached hydrogens (tertiary/aromatic N) is 3. The van der Waals surface area contributed by atoms with Crippen LogP contribution in [0.1, 0.15) is 5.69 Å². The van der Waals surface area contributed by atoms with E-state index in [4.69, 9.17) is 17.3 Å². The Kier molecular flexibility index (Phi) is 4.07. The van der Waals surface area contributed by atoms with Gasteiger partial charge in [-0.15, -0.1) is 0 Å². The molecular weight excluding hydrogens is 354 g/mol. The summed E-state index contributed by atoms with van der Waals surface area (Å²) in [4.78, 5) is 10.1. The van der Waals surface area contributed by atoms with E-state index in [-0.39, 0.29) is 0 Å². The number of aromatic nitrogens is 4. The predicted molar refractivity (Wildman–Crippen MR) is 102 cm³/mol. The summed E-state index contributed by atoms with van der Waals surface area (Å²) in [6.45, 7) is 1.96. The number of nitrogens with one attached hydrogen (secondary N) is 1. The molecule has 0 radical (unpaired) electrons. The van der Waals surface area contributed by atoms with Crippen LogP contribution in [-0.2, 0) is 0 Å². The number of hydrogen-bond acceptors (Lipinski definition) is 5. The van der Waals surface area contributed by atoms with Gasteiger partial charge in [-0.05, 0) is 55.1 Å². The van der Waals surface area contributed by atoms with E-state index in [1.54, 1.807) is 0 Å². The molecule has 2 aromatic heterocycles. The van der Waals surface area contributed by atoms with E-state index in [0.717, 1.165) is 32.7 Å². The van der Waals surface area contributed by atoms with Gasteiger partial charge in [-0.3, -0.25) is 5.10 Å². The molecule has 0 saturated carbocycles. The van der Waals surface area contributed by atoms with Crippen molar-refractivity contribution >= 4 is 40.1 Å². The van der Waals surface area contributed by atoms with Crippen LogP contribution in [0.2, 0.25) is 5.02 Å². The number of nitrogens with two attached hydrogens (primary N) is 1. The molecule has 0 fully saturated rings. The first-order valence-corrected chi connectivity index (χ1v) is 8.81. The van der Waals surface area contributed by atoms with Gasteiger partial charge < -0.3 is 5.73 Å². The van der Waals surface area contributed by atoms with Crippen LogP contribution in [-0.4, -0.2) is 20.2 Å². The Morgan fingerprint density at radius 2 is 1.88 bits per heavy atom. The van der Waals surface area contributed by atoms with Crippen molar-refractivity contribution in [3.05, 3.63) is 59.2 Å². The highest BCUT2D eigenvalue weighted by Crippen LogP contribution is 2.33. The van der Waals surface area contributed by atoms with Crippen molar-refractivity contribution < 1.29 is 0 Å². The molecule has 2 aromatic carbocycles. The van der Waals surface area contributed by atoms with Gasteiger partial charge in [0.25, 0.3) is 0 Å². The number of halogens is 1. The number of benzene rings is 2. The fraction of sp³-hybridized carbons (Fsp3) is 0.0556. The molecule has 5 nitrogen and oxygen atoms in total. The zero-order valence-electron chi connectivity index (χ0n) is 13.3. The third kappa shape index (κ3) is 3.18. The maximum absolute atomic E-state index is 6.26. The predicted octanol–water partition coefficient (Wildman–Crippen LogP) is 4.72. The molecule has 0 aliphatic heterocycles. The van der Waals surface area contributed by atoms with Gasteiger partial charge in [0, 0.05) is 21.2 Å². The van der Waals surface area contributed by atoms with E-state index in [1.807, 2.05) is 55.5 Å². The van der Waals surface area contributed by atoms with Gasteiger partial charge in [0.15, 0.2) is 5.16 Å². The molecule has 0 amide bonds. The Labute approximate surface area is 153 Å². The third-order valence-electron chi connectivity index (χ3n) is 3.74. The first-order valence-electron chi connectivity index (χ1n) is 7.62. The topological polar surface area (TPSA) is 80.5 Å². The van der Waals surface area contributed by atoms with Crippen LogP contribution in [0.3, 0.4) is 0 Å². The zero-order valence-corrected chi connectivity index (χ0v) is 14.9. The molecule has 2 heterocycles. The smallest absolute Gasteiger partial charge is 0.194 e. The second-order valence-electron chi connectivity index (χ2n) is 5.58. The maximum Gasteiger partial charge on any atom is 0.194 e. The molecule has 124 valence electrons. The number of aryl methyl sites for hydroxylation is 1. The van der Waals surface area contributed by atoms with Crippen molar-refractivity contribution in [1.29, 1.82) is 0 Å². The van der Waals surface area contributed by atoms with Crippen molar-refractivity contribution in [3.8, 4) is 11.3 Å². The summed E-state index contributed by atoms with van der Waals surface area (Å²) in [5.41, 5.74) is 9.79. The van der Waals surface area contributed by atoms with Gasteiger partial charge in [-0.2, -0.15) is 5.10 Å². The van der Waals surface area contributed by atoms with E-state index in [2.05, 4.69) is 20.2 Å². The monoisotopic (exact) mass is 367 g/mol. The van der Waals surface area contributed by atoms with Crippen LogP contribution in [0.15, 0.2) is 58.6 Å². The van der Waals surface area contributed by atoms with Crippen LogP contribution >= 0.6 is 23.4 Å². The lowest BCUT2D eigenvalue weighted by atomic mass is 10.1. The summed E-state index contributed by atoms with van der Waals surface area (Å²) in [5.74, 6) is 0.442. The van der Waals surface area contributed by atoms with Gasteiger partial charge in [0.2, 0.25) is 0 Å². The Hall–Kier alpha value is -2.57. The molecule has 7 heteroatoms. The highest BCUT2D eigenvalue weighted by molar-refractivity contribution is 7.99. The minimum absolute atomic E-state index is 0.442. The summed E-state index contributed by atoms with van der Waals surface area (Å²) >= 11 is 7.37. The minimum Gasteiger partial charge on any atom is -0.383 e. The summed E-state index contributed by atoms with van der Waals surface area (Å²) in [6, 6.07) is 15.4. The summed E-state index contributed by atoms with van der Waals surface area (Å²) < 4.78 is 0. The molecule has 4 rings (SSSR count). The second kappa shape index (κ2) is 6.38. The Balaban J connectivity index is 1.79. The Morgan fingerprint density at radius 1 is 1.08 bits per heavy atom. The molecule has 4 aromatic rings. The van der Waals surface area contributed by atoms with Crippen molar-refractivity contribution in [3.63, 3.8) is 0 Å². The lowest BCUT2D eigenvalue weighted by Gasteiger charge is -2.08. The zero-order chi connectivity index (χ0) is 17.4. The summed E-state index contributed by atoms with van der Waals surface area (Å²) in [7, 11) is 0.